The highest BCUT2D eigenvalue weighted by Crippen LogP contribution is 2.45. The molecule has 1 aliphatic carbocycles. The molecule has 32 heavy (non-hydrogen) atoms. The predicted octanol–water partition coefficient (Wildman–Crippen LogP) is 3.61. The predicted molar refractivity (Wildman–Crippen MR) is 124 cm³/mol. The molecule has 0 atom stereocenters. The number of benzene rings is 2. The summed E-state index contributed by atoms with van der Waals surface area (Å²) < 4.78 is 22.3. The summed E-state index contributed by atoms with van der Waals surface area (Å²) in [6.07, 6.45) is 0.891. The molecule has 0 unspecified atom stereocenters. The molecule has 0 aliphatic heterocycles. The molecule has 0 aromatic heterocycles. The van der Waals surface area contributed by atoms with Gasteiger partial charge in [-0.25, -0.2) is 4.79 Å². The summed E-state index contributed by atoms with van der Waals surface area (Å²) in [4.78, 5) is 14.3. The number of nitrogens with zero attached hydrogens (tertiary/aromatic N) is 1. The van der Waals surface area contributed by atoms with Crippen molar-refractivity contribution in [3.8, 4) is 11.1 Å². The second-order valence-electron chi connectivity index (χ2n) is 7.69. The zero-order chi connectivity index (χ0) is 22.6. The third-order valence-corrected chi connectivity index (χ3v) is 5.33. The van der Waals surface area contributed by atoms with Crippen LogP contribution in [-0.4, -0.2) is 70.8 Å². The molecule has 0 bridgehead atoms. The van der Waals surface area contributed by atoms with Crippen LogP contribution in [0.5, 0.6) is 0 Å². The van der Waals surface area contributed by atoms with Gasteiger partial charge in [-0.05, 0) is 30.5 Å². The van der Waals surface area contributed by atoms with Gasteiger partial charge >= 0.3 is 6.09 Å². The zero-order valence-corrected chi connectivity index (χ0v) is 18.8. The first-order valence-electron chi connectivity index (χ1n) is 11.3. The molecule has 7 heteroatoms. The first-order valence-corrected chi connectivity index (χ1v) is 11.3. The molecule has 1 aliphatic rings. The minimum Gasteiger partial charge on any atom is -0.436 e. The van der Waals surface area contributed by atoms with Gasteiger partial charge in [-0.2, -0.15) is 0 Å². The maximum Gasteiger partial charge on any atom is 0.410 e. The third-order valence-electron chi connectivity index (χ3n) is 5.33. The monoisotopic (exact) mass is 442 g/mol. The van der Waals surface area contributed by atoms with E-state index in [0.29, 0.717) is 52.7 Å². The van der Waals surface area contributed by atoms with Gasteiger partial charge in [-0.3, -0.25) is 0 Å². The number of ether oxygens (including phenoxy) is 4. The van der Waals surface area contributed by atoms with E-state index in [1.807, 2.05) is 36.4 Å². The molecule has 0 fully saturated rings. The average molecular weight is 443 g/mol. The van der Waals surface area contributed by atoms with Crippen LogP contribution in [0.25, 0.3) is 11.1 Å². The van der Waals surface area contributed by atoms with Gasteiger partial charge in [0.2, 0.25) is 0 Å². The van der Waals surface area contributed by atoms with Crippen molar-refractivity contribution < 1.29 is 23.7 Å². The quantitative estimate of drug-likeness (QED) is 0.450. The van der Waals surface area contributed by atoms with Crippen LogP contribution in [0, 0.1) is 0 Å². The van der Waals surface area contributed by atoms with E-state index < -0.39 is 0 Å². The van der Waals surface area contributed by atoms with E-state index >= 15 is 0 Å². The van der Waals surface area contributed by atoms with Gasteiger partial charge in [0.25, 0.3) is 0 Å². The molecule has 2 aromatic carbocycles. The van der Waals surface area contributed by atoms with Gasteiger partial charge in [-0.1, -0.05) is 48.5 Å². The smallest absolute Gasteiger partial charge is 0.410 e. The van der Waals surface area contributed by atoms with Crippen LogP contribution in [0.3, 0.4) is 0 Å². The zero-order valence-electron chi connectivity index (χ0n) is 18.8. The summed E-state index contributed by atoms with van der Waals surface area (Å²) >= 11 is 0. The normalized spacial score (nSPS) is 12.4. The van der Waals surface area contributed by atoms with Gasteiger partial charge in [0.15, 0.2) is 6.10 Å². The topological polar surface area (TPSA) is 83.3 Å². The van der Waals surface area contributed by atoms with Crippen LogP contribution < -0.4 is 5.73 Å². The number of carbonyl (C=O) groups excluding carboxylic acids is 1. The Hall–Kier alpha value is -2.45. The van der Waals surface area contributed by atoms with Crippen LogP contribution in [0.2, 0.25) is 0 Å². The lowest BCUT2D eigenvalue weighted by Crippen LogP contribution is -2.30. The fourth-order valence-electron chi connectivity index (χ4n) is 3.65. The van der Waals surface area contributed by atoms with Crippen LogP contribution in [0.4, 0.5) is 4.79 Å². The lowest BCUT2D eigenvalue weighted by Gasteiger charge is -2.21. The van der Waals surface area contributed by atoms with E-state index in [4.69, 9.17) is 24.7 Å². The van der Waals surface area contributed by atoms with E-state index in [2.05, 4.69) is 12.1 Å². The molecule has 2 N–H and O–H groups in total. The molecule has 0 saturated heterocycles. The lowest BCUT2D eigenvalue weighted by molar-refractivity contribution is 0.0129. The molecular weight excluding hydrogens is 408 g/mol. The molecular formula is C25H34N2O5. The Bertz CT molecular complexity index is 799. The van der Waals surface area contributed by atoms with E-state index in [0.717, 1.165) is 35.1 Å². The molecule has 1 amide bonds. The van der Waals surface area contributed by atoms with Gasteiger partial charge in [-0.15, -0.1) is 0 Å². The van der Waals surface area contributed by atoms with E-state index in [9.17, 15) is 4.79 Å². The van der Waals surface area contributed by atoms with E-state index in [1.54, 1.807) is 11.9 Å². The van der Waals surface area contributed by atoms with Crippen molar-refractivity contribution in [1.29, 1.82) is 0 Å². The Kier molecular flexibility index (Phi) is 9.97. The van der Waals surface area contributed by atoms with Crippen molar-refractivity contribution >= 4 is 6.09 Å². The molecule has 7 nitrogen and oxygen atoms in total. The maximum atomic E-state index is 12.7. The Labute approximate surface area is 190 Å². The fraction of sp³-hybridized carbons (Fsp3) is 0.480. The minimum atomic E-state index is -0.370. The lowest BCUT2D eigenvalue weighted by atomic mass is 10.1. The highest BCUT2D eigenvalue weighted by Gasteiger charge is 2.31. The van der Waals surface area contributed by atoms with Crippen LogP contribution in [-0.2, 0) is 18.9 Å². The summed E-state index contributed by atoms with van der Waals surface area (Å²) in [7, 11) is 1.75. The molecule has 2 aromatic rings. The summed E-state index contributed by atoms with van der Waals surface area (Å²) in [6.45, 7) is 4.61. The van der Waals surface area contributed by atoms with Gasteiger partial charge in [0.05, 0.1) is 26.4 Å². The number of carbonyl (C=O) groups is 1. The molecule has 0 radical (unpaired) electrons. The number of hydrogen-bond acceptors (Lipinski definition) is 6. The molecule has 3 rings (SSSR count). The summed E-state index contributed by atoms with van der Waals surface area (Å²) in [5, 5.41) is 0. The highest BCUT2D eigenvalue weighted by molar-refractivity contribution is 5.79. The average Bonchev–Trinajstić information content (AvgIpc) is 3.13. The molecule has 0 saturated carbocycles. The standard InChI is InChI=1S/C25H34N2O5/c1-27(13-7-15-30-17-19-31-18-16-29-14-6-12-26)25(28)32-24-22-10-4-2-8-20(22)21-9-3-5-11-23(21)24/h2-5,8-11,24H,6-7,12-19,26H2,1H3. The van der Waals surface area contributed by atoms with Crippen molar-refractivity contribution in [2.24, 2.45) is 5.73 Å². The number of rotatable bonds is 14. The first-order chi connectivity index (χ1) is 15.7. The summed E-state index contributed by atoms with van der Waals surface area (Å²) in [5.74, 6) is 0. The van der Waals surface area contributed by atoms with Crippen molar-refractivity contribution in [2.45, 2.75) is 18.9 Å². The van der Waals surface area contributed by atoms with Crippen molar-refractivity contribution in [2.75, 3.05) is 59.8 Å². The fourth-order valence-corrected chi connectivity index (χ4v) is 3.65. The number of hydrogen-bond donors (Lipinski definition) is 1. The van der Waals surface area contributed by atoms with Crippen LogP contribution in [0.15, 0.2) is 48.5 Å². The Morgan fingerprint density at radius 1 is 0.812 bits per heavy atom. The van der Waals surface area contributed by atoms with Crippen molar-refractivity contribution in [1.82, 2.24) is 4.90 Å². The Balaban J connectivity index is 1.32. The SMILES string of the molecule is CN(CCCOCCOCCOCCCN)C(=O)OC1c2ccccc2-c2ccccc21. The molecule has 0 heterocycles. The summed E-state index contributed by atoms with van der Waals surface area (Å²) in [6, 6.07) is 16.2. The highest BCUT2D eigenvalue weighted by atomic mass is 16.6. The Morgan fingerprint density at radius 2 is 1.31 bits per heavy atom. The van der Waals surface area contributed by atoms with Gasteiger partial charge < -0.3 is 29.6 Å². The first kappa shape index (κ1) is 24.2. The molecule has 174 valence electrons. The minimum absolute atomic E-state index is 0.334. The Morgan fingerprint density at radius 3 is 1.88 bits per heavy atom. The second kappa shape index (κ2) is 13.2. The number of nitrogens with two attached hydrogens (primary N) is 1. The van der Waals surface area contributed by atoms with Crippen LogP contribution in [0.1, 0.15) is 30.1 Å². The van der Waals surface area contributed by atoms with Crippen molar-refractivity contribution in [3.05, 3.63) is 59.7 Å². The van der Waals surface area contributed by atoms with Crippen LogP contribution >= 0.6 is 0 Å². The number of fused-ring (bicyclic) bond motifs is 3. The van der Waals surface area contributed by atoms with Gasteiger partial charge in [0, 0.05) is 37.9 Å². The largest absolute Gasteiger partial charge is 0.436 e. The third kappa shape index (κ3) is 6.77. The maximum absolute atomic E-state index is 12.7. The van der Waals surface area contributed by atoms with E-state index in [1.165, 1.54) is 0 Å². The van der Waals surface area contributed by atoms with Crippen molar-refractivity contribution in [3.63, 3.8) is 0 Å². The van der Waals surface area contributed by atoms with Gasteiger partial charge in [0.1, 0.15) is 0 Å². The van der Waals surface area contributed by atoms with E-state index in [-0.39, 0.29) is 12.2 Å². The molecule has 0 spiro atoms. The number of amides is 1. The second-order valence-corrected chi connectivity index (χ2v) is 7.69. The summed E-state index contributed by atoms with van der Waals surface area (Å²) in [5.41, 5.74) is 9.71.